The molecular weight excluding hydrogens is 342 g/mol. The van der Waals surface area contributed by atoms with Crippen molar-refractivity contribution >= 4 is 38.8 Å². The number of allylic oxidation sites excluding steroid dienone is 1. The van der Waals surface area contributed by atoms with Crippen LogP contribution in [0.1, 0.15) is 21.7 Å². The zero-order valence-electron chi connectivity index (χ0n) is 11.4. The number of nitrogens with zero attached hydrogens (tertiary/aromatic N) is 1. The molecule has 3 rings (SSSR count). The Hall–Kier alpha value is -2.64. The van der Waals surface area contributed by atoms with Crippen LogP contribution >= 0.6 is 15.9 Å². The second kappa shape index (κ2) is 6.00. The molecule has 0 N–H and O–H groups in total. The van der Waals surface area contributed by atoms with Crippen LogP contribution < -0.4 is 0 Å². The van der Waals surface area contributed by atoms with Gasteiger partial charge in [-0.15, -0.1) is 0 Å². The van der Waals surface area contributed by atoms with Gasteiger partial charge in [0.2, 0.25) is 5.78 Å². The predicted molar refractivity (Wildman–Crippen MR) is 88.4 cm³/mol. The standard InChI is InChI=1S/C18H10BrNO2/c19-15-6-8-17-14(9-15)10-18(22-17)16(21)7-5-12-1-3-13(11-20)4-2-12/h1-10H/b7-5+. The maximum atomic E-state index is 12.2. The van der Waals surface area contributed by atoms with Gasteiger partial charge in [0.15, 0.2) is 5.76 Å². The lowest BCUT2D eigenvalue weighted by atomic mass is 10.1. The second-order valence-electron chi connectivity index (χ2n) is 4.72. The maximum absolute atomic E-state index is 12.2. The number of hydrogen-bond donors (Lipinski definition) is 0. The zero-order valence-corrected chi connectivity index (χ0v) is 13.0. The van der Waals surface area contributed by atoms with Gasteiger partial charge in [0.05, 0.1) is 11.6 Å². The molecule has 0 bridgehead atoms. The summed E-state index contributed by atoms with van der Waals surface area (Å²) in [5.41, 5.74) is 2.12. The van der Waals surface area contributed by atoms with E-state index in [1.54, 1.807) is 36.4 Å². The van der Waals surface area contributed by atoms with E-state index < -0.39 is 0 Å². The van der Waals surface area contributed by atoms with Crippen LogP contribution in [0.2, 0.25) is 0 Å². The zero-order chi connectivity index (χ0) is 15.5. The third kappa shape index (κ3) is 3.00. The van der Waals surface area contributed by atoms with Crippen LogP contribution in [0, 0.1) is 11.3 Å². The molecule has 0 saturated heterocycles. The highest BCUT2D eigenvalue weighted by molar-refractivity contribution is 9.10. The topological polar surface area (TPSA) is 54.0 Å². The molecule has 0 radical (unpaired) electrons. The Kier molecular flexibility index (Phi) is 3.90. The summed E-state index contributed by atoms with van der Waals surface area (Å²) in [6, 6.07) is 16.4. The van der Waals surface area contributed by atoms with Crippen molar-refractivity contribution in [2.24, 2.45) is 0 Å². The molecule has 0 unspecified atom stereocenters. The molecule has 3 aromatic rings. The first-order valence-electron chi connectivity index (χ1n) is 6.57. The number of carbonyl (C=O) groups excluding carboxylic acids is 1. The number of rotatable bonds is 3. The summed E-state index contributed by atoms with van der Waals surface area (Å²) in [5.74, 6) is 0.106. The first-order valence-corrected chi connectivity index (χ1v) is 7.37. The minimum absolute atomic E-state index is 0.198. The molecular formula is C18H10BrNO2. The van der Waals surface area contributed by atoms with Crippen molar-refractivity contribution in [3.05, 3.63) is 76.0 Å². The van der Waals surface area contributed by atoms with Crippen LogP contribution in [0.25, 0.3) is 17.0 Å². The van der Waals surface area contributed by atoms with Crippen LogP contribution in [0.15, 0.2) is 63.5 Å². The van der Waals surface area contributed by atoms with Crippen LogP contribution in [-0.2, 0) is 0 Å². The van der Waals surface area contributed by atoms with E-state index in [0.29, 0.717) is 16.9 Å². The fourth-order valence-corrected chi connectivity index (χ4v) is 2.44. The van der Waals surface area contributed by atoms with Crippen LogP contribution in [-0.4, -0.2) is 5.78 Å². The number of benzene rings is 2. The van der Waals surface area contributed by atoms with Gasteiger partial charge in [-0.2, -0.15) is 5.26 Å². The molecule has 0 aliphatic rings. The third-order valence-corrected chi connectivity index (χ3v) is 3.68. The lowest BCUT2D eigenvalue weighted by Crippen LogP contribution is -1.90. The van der Waals surface area contributed by atoms with E-state index in [0.717, 1.165) is 15.4 Å². The van der Waals surface area contributed by atoms with Crippen molar-refractivity contribution in [2.45, 2.75) is 0 Å². The number of nitriles is 1. The van der Waals surface area contributed by atoms with Gasteiger partial charge in [0.25, 0.3) is 0 Å². The smallest absolute Gasteiger partial charge is 0.221 e. The molecule has 0 atom stereocenters. The van der Waals surface area contributed by atoms with E-state index in [4.69, 9.17) is 9.68 Å². The summed E-state index contributed by atoms with van der Waals surface area (Å²) in [4.78, 5) is 12.2. The molecule has 0 amide bonds. The largest absolute Gasteiger partial charge is 0.453 e. The van der Waals surface area contributed by atoms with E-state index >= 15 is 0 Å². The minimum Gasteiger partial charge on any atom is -0.453 e. The first kappa shape index (κ1) is 14.3. The van der Waals surface area contributed by atoms with E-state index in [1.165, 1.54) is 6.08 Å². The van der Waals surface area contributed by atoms with Crippen molar-refractivity contribution in [1.29, 1.82) is 5.26 Å². The highest BCUT2D eigenvalue weighted by Crippen LogP contribution is 2.23. The number of halogens is 1. The van der Waals surface area contributed by atoms with Gasteiger partial charge in [-0.25, -0.2) is 0 Å². The van der Waals surface area contributed by atoms with Gasteiger partial charge in [-0.3, -0.25) is 4.79 Å². The Morgan fingerprint density at radius 1 is 1.14 bits per heavy atom. The maximum Gasteiger partial charge on any atom is 0.221 e. The number of furan rings is 1. The normalized spacial score (nSPS) is 10.9. The van der Waals surface area contributed by atoms with Crippen LogP contribution in [0.5, 0.6) is 0 Å². The second-order valence-corrected chi connectivity index (χ2v) is 5.64. The van der Waals surface area contributed by atoms with Crippen molar-refractivity contribution in [3.8, 4) is 6.07 Å². The lowest BCUT2D eigenvalue weighted by molar-refractivity contribution is 0.102. The molecule has 3 nitrogen and oxygen atoms in total. The van der Waals surface area contributed by atoms with Crippen molar-refractivity contribution < 1.29 is 9.21 Å². The summed E-state index contributed by atoms with van der Waals surface area (Å²) >= 11 is 3.39. The van der Waals surface area contributed by atoms with Gasteiger partial charge >= 0.3 is 0 Å². The monoisotopic (exact) mass is 351 g/mol. The van der Waals surface area contributed by atoms with Gasteiger partial charge in [0.1, 0.15) is 5.58 Å². The molecule has 2 aromatic carbocycles. The summed E-state index contributed by atoms with van der Waals surface area (Å²) in [6.07, 6.45) is 3.17. The summed E-state index contributed by atoms with van der Waals surface area (Å²) in [7, 11) is 0. The predicted octanol–water partition coefficient (Wildman–Crippen LogP) is 4.96. The highest BCUT2D eigenvalue weighted by atomic mass is 79.9. The SMILES string of the molecule is N#Cc1ccc(/C=C/C(=O)c2cc3cc(Br)ccc3o2)cc1. The van der Waals surface area contributed by atoms with E-state index in [9.17, 15) is 4.79 Å². The van der Waals surface area contributed by atoms with E-state index in [2.05, 4.69) is 22.0 Å². The molecule has 1 heterocycles. The Morgan fingerprint density at radius 2 is 1.91 bits per heavy atom. The van der Waals surface area contributed by atoms with Crippen LogP contribution in [0.4, 0.5) is 0 Å². The number of ketones is 1. The molecule has 0 aliphatic carbocycles. The fraction of sp³-hybridized carbons (Fsp3) is 0. The Bertz CT molecular complexity index is 914. The Labute approximate surface area is 135 Å². The molecule has 0 saturated carbocycles. The summed E-state index contributed by atoms with van der Waals surface area (Å²) in [5, 5.41) is 9.63. The number of carbonyl (C=O) groups is 1. The van der Waals surface area contributed by atoms with Crippen molar-refractivity contribution in [3.63, 3.8) is 0 Å². The molecule has 22 heavy (non-hydrogen) atoms. The van der Waals surface area contributed by atoms with Gasteiger partial charge in [-0.05, 0) is 48.0 Å². The lowest BCUT2D eigenvalue weighted by Gasteiger charge is -1.93. The molecule has 0 spiro atoms. The average molecular weight is 352 g/mol. The Balaban J connectivity index is 1.82. The highest BCUT2D eigenvalue weighted by Gasteiger charge is 2.09. The van der Waals surface area contributed by atoms with Gasteiger partial charge < -0.3 is 4.42 Å². The van der Waals surface area contributed by atoms with Gasteiger partial charge in [0, 0.05) is 9.86 Å². The molecule has 106 valence electrons. The Morgan fingerprint density at radius 3 is 2.64 bits per heavy atom. The minimum atomic E-state index is -0.198. The summed E-state index contributed by atoms with van der Waals surface area (Å²) < 4.78 is 6.48. The molecule has 0 fully saturated rings. The number of fused-ring (bicyclic) bond motifs is 1. The van der Waals surface area contributed by atoms with E-state index in [-0.39, 0.29) is 5.78 Å². The average Bonchev–Trinajstić information content (AvgIpc) is 2.96. The number of hydrogen-bond acceptors (Lipinski definition) is 3. The molecule has 0 aliphatic heterocycles. The van der Waals surface area contributed by atoms with Crippen molar-refractivity contribution in [2.75, 3.05) is 0 Å². The molecule has 4 heteroatoms. The van der Waals surface area contributed by atoms with Crippen LogP contribution in [0.3, 0.4) is 0 Å². The van der Waals surface area contributed by atoms with Crippen molar-refractivity contribution in [1.82, 2.24) is 0 Å². The first-order chi connectivity index (χ1) is 10.7. The third-order valence-electron chi connectivity index (χ3n) is 3.19. The van der Waals surface area contributed by atoms with Gasteiger partial charge in [-0.1, -0.05) is 34.1 Å². The molecule has 1 aromatic heterocycles. The van der Waals surface area contributed by atoms with E-state index in [1.807, 2.05) is 18.2 Å². The quantitative estimate of drug-likeness (QED) is 0.494. The fourth-order valence-electron chi connectivity index (χ4n) is 2.06. The summed E-state index contributed by atoms with van der Waals surface area (Å²) in [6.45, 7) is 0.